The van der Waals surface area contributed by atoms with Crippen LogP contribution in [0.2, 0.25) is 5.02 Å². The summed E-state index contributed by atoms with van der Waals surface area (Å²) in [7, 11) is 1.76. The molecule has 204 valence electrons. The van der Waals surface area contributed by atoms with Crippen LogP contribution in [0.15, 0.2) is 54.2 Å². The lowest BCUT2D eigenvalue weighted by Gasteiger charge is -2.46. The van der Waals surface area contributed by atoms with Crippen LogP contribution in [0.5, 0.6) is 5.75 Å². The van der Waals surface area contributed by atoms with Gasteiger partial charge in [-0.3, -0.25) is 9.69 Å². The van der Waals surface area contributed by atoms with Crippen molar-refractivity contribution in [3.63, 3.8) is 0 Å². The summed E-state index contributed by atoms with van der Waals surface area (Å²) in [5, 5.41) is 13.0. The molecule has 2 saturated carbocycles. The van der Waals surface area contributed by atoms with Crippen LogP contribution in [0.3, 0.4) is 0 Å². The zero-order valence-electron chi connectivity index (χ0n) is 21.6. The average molecular weight is 547 g/mol. The molecule has 1 amide bonds. The Balaban J connectivity index is 1.71. The molecule has 0 radical (unpaired) electrons. The molecule has 2 aliphatic carbocycles. The summed E-state index contributed by atoms with van der Waals surface area (Å²) in [5.74, 6) is -3.03. The standard InChI is InChI=1S/C29H33ClF2N2O4/c1-3-29(33-2,22-8-11-26(25(30)14-22)38-13-12-19-4-5-19)24(21-15-28(31,32)16-21)17-34(18-35)23-9-6-20(7-10-23)27(36)37/h6-11,14,17-19,21,33H,3-5,12-13,15-16H2,1-2H3,(H,36,37)/b24-17-. The highest BCUT2D eigenvalue weighted by molar-refractivity contribution is 6.32. The van der Waals surface area contributed by atoms with Gasteiger partial charge in [-0.1, -0.05) is 37.4 Å². The zero-order chi connectivity index (χ0) is 27.5. The summed E-state index contributed by atoms with van der Waals surface area (Å²) in [6.45, 7) is 2.54. The summed E-state index contributed by atoms with van der Waals surface area (Å²) in [6, 6.07) is 11.3. The molecule has 0 heterocycles. The van der Waals surface area contributed by atoms with Gasteiger partial charge in [0.15, 0.2) is 0 Å². The maximum atomic E-state index is 14.1. The first-order valence-corrected chi connectivity index (χ1v) is 13.3. The van der Waals surface area contributed by atoms with Crippen molar-refractivity contribution in [2.45, 2.75) is 56.9 Å². The topological polar surface area (TPSA) is 78.9 Å². The molecule has 2 fully saturated rings. The highest BCUT2D eigenvalue weighted by atomic mass is 35.5. The molecule has 9 heteroatoms. The van der Waals surface area contributed by atoms with E-state index in [1.54, 1.807) is 25.4 Å². The van der Waals surface area contributed by atoms with Crippen molar-refractivity contribution in [2.75, 3.05) is 18.6 Å². The minimum Gasteiger partial charge on any atom is -0.492 e. The lowest BCUT2D eigenvalue weighted by Crippen LogP contribution is -2.49. The number of hydrogen-bond acceptors (Lipinski definition) is 4. The maximum Gasteiger partial charge on any atom is 0.335 e. The molecular weight excluding hydrogens is 514 g/mol. The molecule has 2 aliphatic rings. The fourth-order valence-electron chi connectivity index (χ4n) is 5.20. The van der Waals surface area contributed by atoms with Gasteiger partial charge < -0.3 is 15.2 Å². The van der Waals surface area contributed by atoms with Crippen LogP contribution in [0, 0.1) is 11.8 Å². The first-order chi connectivity index (χ1) is 18.1. The number of amides is 1. The number of nitrogens with one attached hydrogen (secondary N) is 1. The molecule has 1 unspecified atom stereocenters. The first-order valence-electron chi connectivity index (χ1n) is 12.9. The van der Waals surface area contributed by atoms with Gasteiger partial charge in [0.2, 0.25) is 12.3 Å². The van der Waals surface area contributed by atoms with Crippen LogP contribution >= 0.6 is 11.6 Å². The predicted molar refractivity (Wildman–Crippen MR) is 143 cm³/mol. The number of aromatic carboxylic acids is 1. The molecule has 0 aromatic heterocycles. The fourth-order valence-corrected chi connectivity index (χ4v) is 5.44. The highest BCUT2D eigenvalue weighted by Gasteiger charge is 2.51. The number of carbonyl (C=O) groups is 2. The molecule has 2 N–H and O–H groups in total. The second-order valence-corrected chi connectivity index (χ2v) is 10.6. The van der Waals surface area contributed by atoms with Crippen molar-refractivity contribution >= 4 is 29.7 Å². The van der Waals surface area contributed by atoms with E-state index in [2.05, 4.69) is 5.32 Å². The van der Waals surface area contributed by atoms with Crippen molar-refractivity contribution in [1.29, 1.82) is 0 Å². The Labute approximate surface area is 226 Å². The molecule has 0 saturated heterocycles. The predicted octanol–water partition coefficient (Wildman–Crippen LogP) is 6.63. The lowest BCUT2D eigenvalue weighted by atomic mass is 9.66. The summed E-state index contributed by atoms with van der Waals surface area (Å²) in [4.78, 5) is 24.7. The summed E-state index contributed by atoms with van der Waals surface area (Å²) in [5.41, 5.74) is 1.01. The third-order valence-corrected chi connectivity index (χ3v) is 7.98. The van der Waals surface area contributed by atoms with Gasteiger partial charge in [0, 0.05) is 24.7 Å². The molecular formula is C29H33ClF2N2O4. The Kier molecular flexibility index (Phi) is 8.43. The van der Waals surface area contributed by atoms with E-state index in [0.29, 0.717) is 41.5 Å². The number of carboxylic acid groups (broad SMARTS) is 1. The van der Waals surface area contributed by atoms with E-state index >= 15 is 0 Å². The van der Waals surface area contributed by atoms with Crippen molar-refractivity contribution in [2.24, 2.45) is 11.8 Å². The van der Waals surface area contributed by atoms with E-state index in [1.165, 1.54) is 42.0 Å². The van der Waals surface area contributed by atoms with E-state index in [1.807, 2.05) is 13.0 Å². The van der Waals surface area contributed by atoms with Gasteiger partial charge in [0.1, 0.15) is 5.75 Å². The zero-order valence-corrected chi connectivity index (χ0v) is 22.3. The van der Waals surface area contributed by atoms with E-state index in [9.17, 15) is 23.5 Å². The molecule has 2 aromatic carbocycles. The third kappa shape index (κ3) is 6.02. The average Bonchev–Trinajstić information content (AvgIpc) is 3.71. The van der Waals surface area contributed by atoms with Crippen LogP contribution in [0.25, 0.3) is 0 Å². The van der Waals surface area contributed by atoms with Crippen molar-refractivity contribution in [3.8, 4) is 5.75 Å². The number of halogens is 3. The number of anilines is 1. The minimum atomic E-state index is -2.77. The van der Waals surface area contributed by atoms with Crippen LogP contribution < -0.4 is 15.0 Å². The van der Waals surface area contributed by atoms with Crippen LogP contribution in [0.4, 0.5) is 14.5 Å². The second-order valence-electron chi connectivity index (χ2n) is 10.1. The normalized spacial score (nSPS) is 18.8. The SMILES string of the molecule is CCC(NC)(/C(=C\N(C=O)c1ccc(C(=O)O)cc1)C1CC(F)(F)C1)c1ccc(OCCC2CC2)c(Cl)c1. The summed E-state index contributed by atoms with van der Waals surface area (Å²) in [6.07, 6.45) is 5.50. The Morgan fingerprint density at radius 3 is 2.42 bits per heavy atom. The second kappa shape index (κ2) is 11.4. The fraction of sp³-hybridized carbons (Fsp3) is 0.448. The Morgan fingerprint density at radius 1 is 1.24 bits per heavy atom. The van der Waals surface area contributed by atoms with Gasteiger partial charge in [-0.25, -0.2) is 13.6 Å². The number of likely N-dealkylation sites (N-methyl/N-ethyl adjacent to an activating group) is 1. The Hall–Kier alpha value is -2.97. The summed E-state index contributed by atoms with van der Waals surface area (Å²) >= 11 is 6.62. The van der Waals surface area contributed by atoms with Gasteiger partial charge in [-0.05, 0) is 79.3 Å². The number of ether oxygens (including phenoxy) is 1. The number of rotatable bonds is 13. The van der Waals surface area contributed by atoms with Gasteiger partial charge >= 0.3 is 5.97 Å². The maximum absolute atomic E-state index is 14.1. The van der Waals surface area contributed by atoms with Gasteiger partial charge in [0.05, 0.1) is 22.7 Å². The summed E-state index contributed by atoms with van der Waals surface area (Å²) < 4.78 is 34.1. The minimum absolute atomic E-state index is 0.0784. The number of carboxylic acids is 1. The monoisotopic (exact) mass is 546 g/mol. The number of benzene rings is 2. The van der Waals surface area contributed by atoms with Crippen LogP contribution in [0.1, 0.15) is 61.4 Å². The molecule has 0 aliphatic heterocycles. The van der Waals surface area contributed by atoms with Gasteiger partial charge in [-0.15, -0.1) is 0 Å². The quantitative estimate of drug-likeness (QED) is 0.276. The Bertz CT molecular complexity index is 1190. The largest absolute Gasteiger partial charge is 0.492 e. The van der Waals surface area contributed by atoms with Crippen molar-refractivity contribution in [3.05, 3.63) is 70.4 Å². The van der Waals surface area contributed by atoms with Crippen LogP contribution in [-0.2, 0) is 10.3 Å². The van der Waals surface area contributed by atoms with E-state index in [0.717, 1.165) is 17.9 Å². The number of nitrogens with zero attached hydrogens (tertiary/aromatic N) is 1. The third-order valence-electron chi connectivity index (χ3n) is 7.69. The molecule has 4 rings (SSSR count). The smallest absolute Gasteiger partial charge is 0.335 e. The van der Waals surface area contributed by atoms with E-state index in [-0.39, 0.29) is 18.4 Å². The highest BCUT2D eigenvalue weighted by Crippen LogP contribution is 2.52. The van der Waals surface area contributed by atoms with Crippen molar-refractivity contribution < 1.29 is 28.2 Å². The first kappa shape index (κ1) is 28.0. The van der Waals surface area contributed by atoms with Gasteiger partial charge in [-0.2, -0.15) is 0 Å². The lowest BCUT2D eigenvalue weighted by molar-refractivity contribution is -0.107. The molecule has 1 atom stereocenters. The number of alkyl halides is 2. The van der Waals surface area contributed by atoms with E-state index < -0.39 is 23.3 Å². The molecule has 0 spiro atoms. The van der Waals surface area contributed by atoms with Crippen LogP contribution in [-0.4, -0.2) is 37.1 Å². The van der Waals surface area contributed by atoms with Gasteiger partial charge in [0.25, 0.3) is 0 Å². The Morgan fingerprint density at radius 2 is 1.92 bits per heavy atom. The molecule has 6 nitrogen and oxygen atoms in total. The molecule has 2 aromatic rings. The van der Waals surface area contributed by atoms with Crippen molar-refractivity contribution in [1.82, 2.24) is 5.32 Å². The number of hydrogen-bond donors (Lipinski definition) is 2. The molecule has 38 heavy (non-hydrogen) atoms. The van der Waals surface area contributed by atoms with E-state index in [4.69, 9.17) is 16.3 Å². The number of carbonyl (C=O) groups excluding carboxylic acids is 1. The molecule has 0 bridgehead atoms.